The summed E-state index contributed by atoms with van der Waals surface area (Å²) in [6.07, 6.45) is 6.37. The highest BCUT2D eigenvalue weighted by Crippen LogP contribution is 2.24. The molecule has 1 N–H and O–H groups in total. The number of aryl methyl sites for hydroxylation is 1. The molecule has 3 aromatic carbocycles. The Labute approximate surface area is 205 Å². The van der Waals surface area contributed by atoms with Crippen molar-refractivity contribution in [2.45, 2.75) is 24.9 Å². The highest BCUT2D eigenvalue weighted by Gasteiger charge is 2.11. The number of carbonyl (C=O) groups is 1. The van der Waals surface area contributed by atoms with E-state index in [1.165, 1.54) is 17.9 Å². The summed E-state index contributed by atoms with van der Waals surface area (Å²) in [5.74, 6) is -0.247. The average Bonchev–Trinajstić information content (AvgIpc) is 3.24. The maximum Gasteiger partial charge on any atom is 0.244 e. The van der Waals surface area contributed by atoms with E-state index in [1.807, 2.05) is 60.3 Å². The number of carbonyl (C=O) groups excluding carboxylic acids is 1. The first-order valence-electron chi connectivity index (χ1n) is 11.2. The Bertz CT molecular complexity index is 1440. The topological polar surface area (TPSA) is 81.1 Å². The number of rotatable bonds is 8. The maximum absolute atomic E-state index is 12.5. The van der Waals surface area contributed by atoms with E-state index in [-0.39, 0.29) is 10.8 Å². The SMILES string of the molecule is Cc1ccc(-c2nn(Cc3ccccc3)cc2C=CC(=O)NCc2ccc(S(C)(=O)=O)cc2)cc1. The minimum atomic E-state index is -3.24. The summed E-state index contributed by atoms with van der Waals surface area (Å²) in [6.45, 7) is 2.96. The van der Waals surface area contributed by atoms with E-state index >= 15 is 0 Å². The van der Waals surface area contributed by atoms with Gasteiger partial charge in [0.15, 0.2) is 9.84 Å². The van der Waals surface area contributed by atoms with Gasteiger partial charge in [-0.1, -0.05) is 72.3 Å². The lowest BCUT2D eigenvalue weighted by Gasteiger charge is -2.04. The number of amides is 1. The van der Waals surface area contributed by atoms with Gasteiger partial charge in [-0.25, -0.2) is 8.42 Å². The van der Waals surface area contributed by atoms with Crippen LogP contribution in [0.15, 0.2) is 96.0 Å². The largest absolute Gasteiger partial charge is 0.348 e. The van der Waals surface area contributed by atoms with Crippen molar-refractivity contribution < 1.29 is 13.2 Å². The zero-order chi connectivity index (χ0) is 24.8. The predicted molar refractivity (Wildman–Crippen MR) is 138 cm³/mol. The van der Waals surface area contributed by atoms with Crippen molar-refractivity contribution in [3.05, 3.63) is 113 Å². The van der Waals surface area contributed by atoms with Crippen LogP contribution in [0.1, 0.15) is 22.3 Å². The fraction of sp³-hybridized carbons (Fsp3) is 0.143. The number of nitrogens with one attached hydrogen (secondary N) is 1. The zero-order valence-corrected chi connectivity index (χ0v) is 20.5. The molecule has 0 fully saturated rings. The lowest BCUT2D eigenvalue weighted by molar-refractivity contribution is -0.116. The van der Waals surface area contributed by atoms with Crippen LogP contribution in [0.25, 0.3) is 17.3 Å². The molecule has 1 amide bonds. The molecule has 35 heavy (non-hydrogen) atoms. The predicted octanol–water partition coefficient (Wildman–Crippen LogP) is 4.64. The second kappa shape index (κ2) is 10.5. The van der Waals surface area contributed by atoms with Gasteiger partial charge < -0.3 is 5.32 Å². The number of aromatic nitrogens is 2. The van der Waals surface area contributed by atoms with Gasteiger partial charge in [0, 0.05) is 36.2 Å². The van der Waals surface area contributed by atoms with E-state index in [9.17, 15) is 13.2 Å². The molecule has 0 saturated carbocycles. The molecule has 4 rings (SSSR count). The fourth-order valence-corrected chi connectivity index (χ4v) is 4.24. The van der Waals surface area contributed by atoms with E-state index in [4.69, 9.17) is 5.10 Å². The Hall–Kier alpha value is -3.97. The van der Waals surface area contributed by atoms with Crippen molar-refractivity contribution in [1.82, 2.24) is 15.1 Å². The van der Waals surface area contributed by atoms with Crippen LogP contribution < -0.4 is 5.32 Å². The molecule has 1 heterocycles. The Kier molecular flexibility index (Phi) is 7.27. The number of benzene rings is 3. The second-order valence-electron chi connectivity index (χ2n) is 8.45. The van der Waals surface area contributed by atoms with Crippen molar-refractivity contribution in [1.29, 1.82) is 0 Å². The van der Waals surface area contributed by atoms with Crippen LogP contribution in [-0.4, -0.2) is 30.4 Å². The molecule has 0 aliphatic heterocycles. The van der Waals surface area contributed by atoms with Crippen molar-refractivity contribution >= 4 is 21.8 Å². The number of hydrogen-bond acceptors (Lipinski definition) is 4. The van der Waals surface area contributed by atoms with Gasteiger partial charge in [-0.15, -0.1) is 0 Å². The standard InChI is InChI=1S/C28H27N3O3S/c1-21-8-12-24(13-9-21)28-25(20-31(30-28)19-23-6-4-3-5-7-23)14-17-27(32)29-18-22-10-15-26(16-11-22)35(2,33)34/h3-17,20H,18-19H2,1-2H3,(H,29,32). The van der Waals surface area contributed by atoms with Crippen LogP contribution in [0.2, 0.25) is 0 Å². The monoisotopic (exact) mass is 485 g/mol. The van der Waals surface area contributed by atoms with Gasteiger partial charge in [-0.3, -0.25) is 9.48 Å². The van der Waals surface area contributed by atoms with Crippen LogP contribution in [0, 0.1) is 6.92 Å². The van der Waals surface area contributed by atoms with E-state index in [0.717, 1.165) is 27.9 Å². The fourth-order valence-electron chi connectivity index (χ4n) is 3.61. The quantitative estimate of drug-likeness (QED) is 0.369. The normalized spacial score (nSPS) is 11.6. The molecule has 0 radical (unpaired) electrons. The number of hydrogen-bond donors (Lipinski definition) is 1. The Morgan fingerprint density at radius 1 is 0.943 bits per heavy atom. The smallest absolute Gasteiger partial charge is 0.244 e. The van der Waals surface area contributed by atoms with Crippen LogP contribution in [-0.2, 0) is 27.7 Å². The molecule has 0 atom stereocenters. The molecule has 1 aromatic heterocycles. The molecule has 0 spiro atoms. The van der Waals surface area contributed by atoms with Gasteiger partial charge >= 0.3 is 0 Å². The molecular weight excluding hydrogens is 458 g/mol. The molecular formula is C28H27N3O3S. The van der Waals surface area contributed by atoms with Crippen molar-refractivity contribution in [2.24, 2.45) is 0 Å². The van der Waals surface area contributed by atoms with Crippen LogP contribution in [0.3, 0.4) is 0 Å². The van der Waals surface area contributed by atoms with Crippen LogP contribution in [0.5, 0.6) is 0 Å². The maximum atomic E-state index is 12.5. The first kappa shape index (κ1) is 24.2. The molecule has 0 unspecified atom stereocenters. The minimum absolute atomic E-state index is 0.247. The second-order valence-corrected chi connectivity index (χ2v) is 10.5. The average molecular weight is 486 g/mol. The first-order valence-corrected chi connectivity index (χ1v) is 13.1. The third-order valence-corrected chi connectivity index (χ3v) is 6.66. The highest BCUT2D eigenvalue weighted by molar-refractivity contribution is 7.90. The van der Waals surface area contributed by atoms with Crippen molar-refractivity contribution in [2.75, 3.05) is 6.26 Å². The zero-order valence-electron chi connectivity index (χ0n) is 19.7. The van der Waals surface area contributed by atoms with Gasteiger partial charge in [-0.05, 0) is 36.3 Å². The van der Waals surface area contributed by atoms with Gasteiger partial charge in [0.25, 0.3) is 0 Å². The summed E-state index contributed by atoms with van der Waals surface area (Å²) in [5.41, 5.74) is 5.75. The molecule has 7 heteroatoms. The van der Waals surface area contributed by atoms with Gasteiger partial charge in [0.2, 0.25) is 5.91 Å². The minimum Gasteiger partial charge on any atom is -0.348 e. The Morgan fingerprint density at radius 2 is 1.63 bits per heavy atom. The Morgan fingerprint density at radius 3 is 2.29 bits per heavy atom. The summed E-state index contributed by atoms with van der Waals surface area (Å²) in [5, 5.41) is 7.63. The lowest BCUT2D eigenvalue weighted by Crippen LogP contribution is -2.20. The van der Waals surface area contributed by atoms with E-state index in [2.05, 4.69) is 17.4 Å². The molecule has 6 nitrogen and oxygen atoms in total. The van der Waals surface area contributed by atoms with Gasteiger partial charge in [-0.2, -0.15) is 5.10 Å². The van der Waals surface area contributed by atoms with E-state index in [1.54, 1.807) is 30.3 Å². The summed E-state index contributed by atoms with van der Waals surface area (Å²) < 4.78 is 25.1. The summed E-state index contributed by atoms with van der Waals surface area (Å²) in [4.78, 5) is 12.7. The molecule has 0 saturated heterocycles. The van der Waals surface area contributed by atoms with Crippen LogP contribution in [0.4, 0.5) is 0 Å². The van der Waals surface area contributed by atoms with Gasteiger partial charge in [0.1, 0.15) is 0 Å². The summed E-state index contributed by atoms with van der Waals surface area (Å²) in [6, 6.07) is 24.7. The summed E-state index contributed by atoms with van der Waals surface area (Å²) >= 11 is 0. The number of sulfone groups is 1. The van der Waals surface area contributed by atoms with Crippen LogP contribution >= 0.6 is 0 Å². The molecule has 0 aliphatic rings. The highest BCUT2D eigenvalue weighted by atomic mass is 32.2. The summed E-state index contributed by atoms with van der Waals surface area (Å²) in [7, 11) is -3.24. The number of nitrogens with zero attached hydrogens (tertiary/aromatic N) is 2. The molecule has 0 aliphatic carbocycles. The molecule has 0 bridgehead atoms. The van der Waals surface area contributed by atoms with Crippen molar-refractivity contribution in [3.63, 3.8) is 0 Å². The molecule has 178 valence electrons. The third-order valence-electron chi connectivity index (χ3n) is 5.53. The van der Waals surface area contributed by atoms with E-state index in [0.29, 0.717) is 13.1 Å². The van der Waals surface area contributed by atoms with Crippen molar-refractivity contribution in [3.8, 4) is 11.3 Å². The van der Waals surface area contributed by atoms with Gasteiger partial charge in [0.05, 0.1) is 17.1 Å². The molecule has 4 aromatic rings. The lowest BCUT2D eigenvalue weighted by atomic mass is 10.1. The Balaban J connectivity index is 1.49. The first-order chi connectivity index (χ1) is 16.8. The van der Waals surface area contributed by atoms with E-state index < -0.39 is 9.84 Å². The third kappa shape index (κ3) is 6.55.